The van der Waals surface area contributed by atoms with E-state index in [4.69, 9.17) is 5.73 Å². The molecule has 3 aromatic carbocycles. The molecule has 3 rings (SSSR count). The number of sulfonamides is 1. The van der Waals surface area contributed by atoms with E-state index in [1.54, 1.807) is 36.4 Å². The van der Waals surface area contributed by atoms with Crippen molar-refractivity contribution in [3.05, 3.63) is 90.0 Å². The largest absolute Gasteiger partial charge is 0.399 e. The second kappa shape index (κ2) is 6.99. The highest BCUT2D eigenvalue weighted by Crippen LogP contribution is 2.28. The third-order valence-corrected chi connectivity index (χ3v) is 5.66. The first-order valence-corrected chi connectivity index (χ1v) is 9.40. The molecule has 0 aromatic heterocycles. The van der Waals surface area contributed by atoms with Crippen LogP contribution >= 0.6 is 0 Å². The summed E-state index contributed by atoms with van der Waals surface area (Å²) in [6.45, 7) is 2.14. The number of aryl methyl sites for hydroxylation is 1. The molecule has 0 saturated heterocycles. The average molecular weight is 352 g/mol. The van der Waals surface area contributed by atoms with E-state index in [9.17, 15) is 8.42 Å². The highest BCUT2D eigenvalue weighted by atomic mass is 32.2. The number of nitrogens with zero attached hydrogens (tertiary/aromatic N) is 1. The van der Waals surface area contributed by atoms with E-state index in [0.717, 1.165) is 11.1 Å². The van der Waals surface area contributed by atoms with E-state index in [-0.39, 0.29) is 11.4 Å². The van der Waals surface area contributed by atoms with Gasteiger partial charge >= 0.3 is 0 Å². The van der Waals surface area contributed by atoms with Crippen LogP contribution in [0, 0.1) is 6.92 Å². The number of anilines is 2. The van der Waals surface area contributed by atoms with Crippen LogP contribution in [0.15, 0.2) is 83.8 Å². The maximum atomic E-state index is 13.2. The second-order valence-corrected chi connectivity index (χ2v) is 7.77. The molecule has 0 bridgehead atoms. The van der Waals surface area contributed by atoms with Crippen LogP contribution in [0.3, 0.4) is 0 Å². The first-order valence-electron chi connectivity index (χ1n) is 7.96. The predicted octanol–water partition coefficient (Wildman–Crippen LogP) is 3.97. The van der Waals surface area contributed by atoms with Gasteiger partial charge in [-0.25, -0.2) is 8.42 Å². The van der Waals surface area contributed by atoms with Crippen LogP contribution in [0.5, 0.6) is 0 Å². The summed E-state index contributed by atoms with van der Waals surface area (Å²) in [5.74, 6) is 0. The van der Waals surface area contributed by atoms with E-state index in [1.807, 2.05) is 49.4 Å². The summed E-state index contributed by atoms with van der Waals surface area (Å²) < 4.78 is 27.9. The molecule has 5 heteroatoms. The first-order chi connectivity index (χ1) is 12.0. The van der Waals surface area contributed by atoms with Gasteiger partial charge in [0.1, 0.15) is 0 Å². The van der Waals surface area contributed by atoms with Crippen molar-refractivity contribution in [3.63, 3.8) is 0 Å². The standard InChI is InChI=1S/C20H20N2O2S/c1-16-12-18(21)14-19(13-16)22(15-17-8-4-2-5-9-17)25(23,24)20-10-6-3-7-11-20/h2-14H,15,21H2,1H3. The lowest BCUT2D eigenvalue weighted by molar-refractivity contribution is 0.590. The van der Waals surface area contributed by atoms with Crippen molar-refractivity contribution in [2.45, 2.75) is 18.4 Å². The number of rotatable bonds is 5. The molecule has 25 heavy (non-hydrogen) atoms. The van der Waals surface area contributed by atoms with Gasteiger partial charge in [-0.15, -0.1) is 0 Å². The van der Waals surface area contributed by atoms with Gasteiger partial charge in [-0.2, -0.15) is 0 Å². The first kappa shape index (κ1) is 17.0. The molecule has 0 unspecified atom stereocenters. The fraction of sp³-hybridized carbons (Fsp3) is 0.100. The Morgan fingerprint density at radius 2 is 1.48 bits per heavy atom. The molecule has 128 valence electrons. The molecule has 0 aliphatic rings. The monoisotopic (exact) mass is 352 g/mol. The number of benzene rings is 3. The molecule has 4 nitrogen and oxygen atoms in total. The van der Waals surface area contributed by atoms with Crippen LogP contribution in [-0.4, -0.2) is 8.42 Å². The predicted molar refractivity (Wildman–Crippen MR) is 102 cm³/mol. The molecule has 0 fully saturated rings. The molecule has 0 aliphatic heterocycles. The van der Waals surface area contributed by atoms with E-state index in [0.29, 0.717) is 11.4 Å². The summed E-state index contributed by atoms with van der Waals surface area (Å²) in [4.78, 5) is 0.256. The van der Waals surface area contributed by atoms with Crippen LogP contribution in [0.2, 0.25) is 0 Å². The van der Waals surface area contributed by atoms with E-state index < -0.39 is 10.0 Å². The van der Waals surface area contributed by atoms with Gasteiger partial charge in [-0.05, 0) is 48.4 Å². The Morgan fingerprint density at radius 1 is 0.880 bits per heavy atom. The minimum absolute atomic E-state index is 0.237. The van der Waals surface area contributed by atoms with Gasteiger partial charge in [0, 0.05) is 5.69 Å². The van der Waals surface area contributed by atoms with Gasteiger partial charge in [0.15, 0.2) is 0 Å². The third-order valence-electron chi connectivity index (χ3n) is 3.87. The van der Waals surface area contributed by atoms with Gasteiger partial charge in [0.05, 0.1) is 17.1 Å². The Kier molecular flexibility index (Phi) is 4.76. The molecule has 0 spiro atoms. The molecular weight excluding hydrogens is 332 g/mol. The summed E-state index contributed by atoms with van der Waals surface area (Å²) >= 11 is 0. The van der Waals surface area contributed by atoms with Crippen LogP contribution in [0.4, 0.5) is 11.4 Å². The lowest BCUT2D eigenvalue weighted by Crippen LogP contribution is -2.30. The van der Waals surface area contributed by atoms with E-state index in [2.05, 4.69) is 0 Å². The average Bonchev–Trinajstić information content (AvgIpc) is 2.60. The summed E-state index contributed by atoms with van der Waals surface area (Å²) in [5, 5.41) is 0. The van der Waals surface area contributed by atoms with Gasteiger partial charge in [-0.1, -0.05) is 48.5 Å². The zero-order valence-corrected chi connectivity index (χ0v) is 14.8. The van der Waals surface area contributed by atoms with Crippen LogP contribution < -0.4 is 10.0 Å². The minimum Gasteiger partial charge on any atom is -0.399 e. The van der Waals surface area contributed by atoms with Crippen LogP contribution in [0.25, 0.3) is 0 Å². The Morgan fingerprint density at radius 3 is 2.08 bits per heavy atom. The van der Waals surface area contributed by atoms with Crippen molar-refractivity contribution in [2.24, 2.45) is 0 Å². The summed E-state index contributed by atoms with van der Waals surface area (Å²) in [5.41, 5.74) is 8.87. The van der Waals surface area contributed by atoms with Crippen molar-refractivity contribution < 1.29 is 8.42 Å². The zero-order chi connectivity index (χ0) is 17.9. The topological polar surface area (TPSA) is 63.4 Å². The Labute approximate surface area is 148 Å². The van der Waals surface area contributed by atoms with Crippen molar-refractivity contribution in [2.75, 3.05) is 10.0 Å². The van der Waals surface area contributed by atoms with Gasteiger partial charge in [-0.3, -0.25) is 4.31 Å². The number of nitrogens with two attached hydrogens (primary N) is 1. The summed E-state index contributed by atoms with van der Waals surface area (Å²) in [6.07, 6.45) is 0. The fourth-order valence-corrected chi connectivity index (χ4v) is 4.18. The van der Waals surface area contributed by atoms with E-state index in [1.165, 1.54) is 4.31 Å². The number of hydrogen-bond acceptors (Lipinski definition) is 3. The molecular formula is C20H20N2O2S. The summed E-state index contributed by atoms with van der Waals surface area (Å²) in [6, 6.07) is 23.3. The molecule has 3 aromatic rings. The van der Waals surface area contributed by atoms with Crippen molar-refractivity contribution in [1.29, 1.82) is 0 Å². The third kappa shape index (κ3) is 3.83. The van der Waals surface area contributed by atoms with Crippen molar-refractivity contribution >= 4 is 21.4 Å². The van der Waals surface area contributed by atoms with E-state index >= 15 is 0 Å². The number of nitrogen functional groups attached to an aromatic ring is 1. The molecule has 0 amide bonds. The summed E-state index contributed by atoms with van der Waals surface area (Å²) in [7, 11) is -3.71. The highest BCUT2D eigenvalue weighted by molar-refractivity contribution is 7.92. The lowest BCUT2D eigenvalue weighted by atomic mass is 10.2. The Balaban J connectivity index is 2.12. The molecule has 0 saturated carbocycles. The van der Waals surface area contributed by atoms with Gasteiger partial charge < -0.3 is 5.73 Å². The molecule has 0 radical (unpaired) electrons. The smallest absolute Gasteiger partial charge is 0.264 e. The fourth-order valence-electron chi connectivity index (χ4n) is 2.72. The Hall–Kier alpha value is -2.79. The van der Waals surface area contributed by atoms with Gasteiger partial charge in [0.2, 0.25) is 0 Å². The SMILES string of the molecule is Cc1cc(N)cc(N(Cc2ccccc2)S(=O)(=O)c2ccccc2)c1. The maximum absolute atomic E-state index is 13.2. The lowest BCUT2D eigenvalue weighted by Gasteiger charge is -2.25. The van der Waals surface area contributed by atoms with Gasteiger partial charge in [0.25, 0.3) is 10.0 Å². The minimum atomic E-state index is -3.71. The number of hydrogen-bond donors (Lipinski definition) is 1. The van der Waals surface area contributed by atoms with Crippen LogP contribution in [0.1, 0.15) is 11.1 Å². The van der Waals surface area contributed by atoms with Crippen LogP contribution in [-0.2, 0) is 16.6 Å². The second-order valence-electron chi connectivity index (χ2n) is 5.91. The van der Waals surface area contributed by atoms with Crippen molar-refractivity contribution in [1.82, 2.24) is 0 Å². The quantitative estimate of drug-likeness (QED) is 0.707. The molecule has 2 N–H and O–H groups in total. The molecule has 0 heterocycles. The molecule has 0 atom stereocenters. The highest BCUT2D eigenvalue weighted by Gasteiger charge is 2.25. The Bertz CT molecular complexity index is 935. The molecule has 0 aliphatic carbocycles. The maximum Gasteiger partial charge on any atom is 0.264 e. The zero-order valence-electron chi connectivity index (χ0n) is 14.0. The normalized spacial score (nSPS) is 11.2. The van der Waals surface area contributed by atoms with Crippen molar-refractivity contribution in [3.8, 4) is 0 Å².